The van der Waals surface area contributed by atoms with E-state index in [1.807, 2.05) is 25.1 Å². The summed E-state index contributed by atoms with van der Waals surface area (Å²) in [6.07, 6.45) is 0. The van der Waals surface area contributed by atoms with Gasteiger partial charge in [0, 0.05) is 19.7 Å². The fourth-order valence-electron chi connectivity index (χ4n) is 1.61. The quantitative estimate of drug-likeness (QED) is 0.916. The molecule has 0 aliphatic heterocycles. The Kier molecular flexibility index (Phi) is 3.01. The van der Waals surface area contributed by atoms with Crippen LogP contribution in [0.4, 0.5) is 5.82 Å². The fourth-order valence-corrected chi connectivity index (χ4v) is 2.37. The van der Waals surface area contributed by atoms with Crippen LogP contribution in [0.1, 0.15) is 5.56 Å². The Bertz CT molecular complexity index is 503. The average molecular weight is 280 g/mol. The first-order chi connectivity index (χ1) is 7.59. The van der Waals surface area contributed by atoms with Crippen molar-refractivity contribution in [1.82, 2.24) is 10.2 Å². The third kappa shape index (κ3) is 1.97. The number of nitrogens with one attached hydrogen (secondary N) is 1. The molecule has 0 aliphatic carbocycles. The van der Waals surface area contributed by atoms with E-state index in [2.05, 4.69) is 51.3 Å². The summed E-state index contributed by atoms with van der Waals surface area (Å²) in [7, 11) is 3.95. The normalized spacial score (nSPS) is 10.5. The van der Waals surface area contributed by atoms with Gasteiger partial charge in [0.2, 0.25) is 0 Å². The summed E-state index contributed by atoms with van der Waals surface area (Å²) < 4.78 is 1.00. The van der Waals surface area contributed by atoms with E-state index in [1.54, 1.807) is 0 Å². The number of H-pyrrole nitrogens is 1. The van der Waals surface area contributed by atoms with E-state index < -0.39 is 0 Å². The minimum absolute atomic E-state index is 0.913. The Hall–Kier alpha value is -1.29. The maximum absolute atomic E-state index is 4.28. The second-order valence-corrected chi connectivity index (χ2v) is 4.79. The molecule has 0 spiro atoms. The van der Waals surface area contributed by atoms with Crippen LogP contribution in [0.5, 0.6) is 0 Å². The van der Waals surface area contributed by atoms with E-state index in [9.17, 15) is 0 Å². The number of aromatic amines is 1. The first-order valence-electron chi connectivity index (χ1n) is 5.08. The van der Waals surface area contributed by atoms with Gasteiger partial charge < -0.3 is 4.90 Å². The second kappa shape index (κ2) is 4.29. The van der Waals surface area contributed by atoms with Gasteiger partial charge in [-0.1, -0.05) is 23.8 Å². The number of rotatable bonds is 2. The van der Waals surface area contributed by atoms with Crippen molar-refractivity contribution in [2.75, 3.05) is 19.0 Å². The van der Waals surface area contributed by atoms with E-state index >= 15 is 0 Å². The highest BCUT2D eigenvalue weighted by Crippen LogP contribution is 2.33. The number of aromatic nitrogens is 2. The molecule has 0 aliphatic rings. The van der Waals surface area contributed by atoms with Crippen molar-refractivity contribution in [3.8, 4) is 11.3 Å². The van der Waals surface area contributed by atoms with E-state index in [4.69, 9.17) is 0 Å². The minimum atomic E-state index is 0.913. The molecule has 0 fully saturated rings. The van der Waals surface area contributed by atoms with Gasteiger partial charge >= 0.3 is 0 Å². The van der Waals surface area contributed by atoms with Crippen molar-refractivity contribution >= 4 is 21.7 Å². The van der Waals surface area contributed by atoms with Gasteiger partial charge in [0.05, 0.1) is 10.2 Å². The third-order valence-electron chi connectivity index (χ3n) is 2.42. The summed E-state index contributed by atoms with van der Waals surface area (Å²) in [4.78, 5) is 1.97. The monoisotopic (exact) mass is 279 g/mol. The summed E-state index contributed by atoms with van der Waals surface area (Å²) in [5.41, 5.74) is 3.41. The standard InChI is InChI=1S/C12H14BrN3/c1-8-5-4-6-9(7-8)11-10(13)12(15-14-11)16(2)3/h4-7H,1-3H3,(H,14,15). The zero-order valence-electron chi connectivity index (χ0n) is 9.58. The van der Waals surface area contributed by atoms with Crippen molar-refractivity contribution < 1.29 is 0 Å². The van der Waals surface area contributed by atoms with Crippen LogP contribution in [-0.2, 0) is 0 Å². The van der Waals surface area contributed by atoms with Crippen molar-refractivity contribution in [3.63, 3.8) is 0 Å². The highest BCUT2D eigenvalue weighted by Gasteiger charge is 2.13. The molecule has 0 unspecified atom stereocenters. The second-order valence-electron chi connectivity index (χ2n) is 4.00. The number of hydrogen-bond donors (Lipinski definition) is 1. The predicted octanol–water partition coefficient (Wildman–Crippen LogP) is 3.21. The maximum Gasteiger partial charge on any atom is 0.164 e. The molecule has 0 radical (unpaired) electrons. The lowest BCUT2D eigenvalue weighted by Crippen LogP contribution is -2.09. The molecular weight excluding hydrogens is 266 g/mol. The molecule has 2 rings (SSSR count). The van der Waals surface area contributed by atoms with Crippen LogP contribution in [-0.4, -0.2) is 24.3 Å². The lowest BCUT2D eigenvalue weighted by atomic mass is 10.1. The number of halogens is 1. The molecule has 1 heterocycles. The topological polar surface area (TPSA) is 31.9 Å². The summed E-state index contributed by atoms with van der Waals surface area (Å²) >= 11 is 3.58. The van der Waals surface area contributed by atoms with Crippen LogP contribution in [0, 0.1) is 6.92 Å². The van der Waals surface area contributed by atoms with Gasteiger partial charge in [-0.15, -0.1) is 0 Å². The fraction of sp³-hybridized carbons (Fsp3) is 0.250. The van der Waals surface area contributed by atoms with Gasteiger partial charge in [-0.05, 0) is 28.9 Å². The molecule has 2 aromatic rings. The molecule has 0 saturated heterocycles. The number of aryl methyl sites for hydroxylation is 1. The van der Waals surface area contributed by atoms with E-state index in [1.165, 1.54) is 5.56 Å². The number of nitrogens with zero attached hydrogens (tertiary/aromatic N) is 2. The van der Waals surface area contributed by atoms with Crippen LogP contribution >= 0.6 is 15.9 Å². The van der Waals surface area contributed by atoms with Gasteiger partial charge in [-0.2, -0.15) is 5.10 Å². The first-order valence-corrected chi connectivity index (χ1v) is 5.87. The van der Waals surface area contributed by atoms with Crippen LogP contribution < -0.4 is 4.90 Å². The first kappa shape index (κ1) is 11.2. The van der Waals surface area contributed by atoms with Crippen LogP contribution in [0.2, 0.25) is 0 Å². The molecule has 3 nitrogen and oxygen atoms in total. The van der Waals surface area contributed by atoms with Gasteiger partial charge in [0.15, 0.2) is 5.82 Å². The van der Waals surface area contributed by atoms with Crippen molar-refractivity contribution in [3.05, 3.63) is 34.3 Å². The molecule has 0 saturated carbocycles. The highest BCUT2D eigenvalue weighted by atomic mass is 79.9. The summed E-state index contributed by atoms with van der Waals surface area (Å²) in [5, 5.41) is 7.34. The predicted molar refractivity (Wildman–Crippen MR) is 70.8 cm³/mol. The van der Waals surface area contributed by atoms with Gasteiger partial charge in [0.1, 0.15) is 0 Å². The maximum atomic E-state index is 4.28. The molecular formula is C12H14BrN3. The molecule has 84 valence electrons. The average Bonchev–Trinajstić information content (AvgIpc) is 2.60. The summed E-state index contributed by atoms with van der Waals surface area (Å²) in [5.74, 6) is 0.913. The Balaban J connectivity index is 2.49. The number of hydrogen-bond acceptors (Lipinski definition) is 2. The smallest absolute Gasteiger partial charge is 0.164 e. The van der Waals surface area contributed by atoms with Crippen molar-refractivity contribution in [1.29, 1.82) is 0 Å². The molecule has 0 amide bonds. The van der Waals surface area contributed by atoms with Gasteiger partial charge in [-0.25, -0.2) is 0 Å². The molecule has 0 bridgehead atoms. The van der Waals surface area contributed by atoms with Crippen LogP contribution in [0.25, 0.3) is 11.3 Å². The van der Waals surface area contributed by atoms with E-state index in [0.717, 1.165) is 21.5 Å². The van der Waals surface area contributed by atoms with E-state index in [0.29, 0.717) is 0 Å². The largest absolute Gasteiger partial charge is 0.360 e. The lowest BCUT2D eigenvalue weighted by Gasteiger charge is -2.08. The number of benzene rings is 1. The summed E-state index contributed by atoms with van der Waals surface area (Å²) in [6, 6.07) is 8.34. The molecule has 1 aromatic carbocycles. The lowest BCUT2D eigenvalue weighted by molar-refractivity contribution is 1.01. The SMILES string of the molecule is Cc1cccc(-c2[nH]nc(N(C)C)c2Br)c1. The van der Waals surface area contributed by atoms with Crippen LogP contribution in [0.15, 0.2) is 28.7 Å². The molecule has 1 N–H and O–H groups in total. The number of anilines is 1. The Morgan fingerprint density at radius 1 is 1.31 bits per heavy atom. The highest BCUT2D eigenvalue weighted by molar-refractivity contribution is 9.10. The molecule has 0 atom stereocenters. The van der Waals surface area contributed by atoms with E-state index in [-0.39, 0.29) is 0 Å². The third-order valence-corrected chi connectivity index (χ3v) is 3.17. The Labute approximate surface area is 104 Å². The molecule has 4 heteroatoms. The van der Waals surface area contributed by atoms with Gasteiger partial charge in [0.25, 0.3) is 0 Å². The zero-order chi connectivity index (χ0) is 11.7. The Morgan fingerprint density at radius 3 is 2.62 bits per heavy atom. The van der Waals surface area contributed by atoms with Crippen molar-refractivity contribution in [2.45, 2.75) is 6.92 Å². The Morgan fingerprint density at radius 2 is 2.06 bits per heavy atom. The van der Waals surface area contributed by atoms with Crippen molar-refractivity contribution in [2.24, 2.45) is 0 Å². The zero-order valence-corrected chi connectivity index (χ0v) is 11.2. The minimum Gasteiger partial charge on any atom is -0.360 e. The molecule has 16 heavy (non-hydrogen) atoms. The summed E-state index contributed by atoms with van der Waals surface area (Å²) in [6.45, 7) is 2.08. The van der Waals surface area contributed by atoms with Crippen LogP contribution in [0.3, 0.4) is 0 Å². The molecule has 1 aromatic heterocycles. The van der Waals surface area contributed by atoms with Gasteiger partial charge in [-0.3, -0.25) is 5.10 Å².